The lowest BCUT2D eigenvalue weighted by molar-refractivity contribution is -0.0318. The molecule has 0 amide bonds. The van der Waals surface area contributed by atoms with Gasteiger partial charge in [-0.15, -0.1) is 0 Å². The number of aliphatic hydroxyl groups is 1. The second-order valence-corrected chi connectivity index (χ2v) is 6.40. The molecule has 0 spiro atoms. The molecule has 1 aliphatic rings. The molecule has 1 rings (SSSR count). The van der Waals surface area contributed by atoms with Crippen LogP contribution in [0.5, 0.6) is 0 Å². The summed E-state index contributed by atoms with van der Waals surface area (Å²) in [5.41, 5.74) is 0. The third-order valence-corrected chi connectivity index (χ3v) is 4.35. The second kappa shape index (κ2) is 13.5. The first-order chi connectivity index (χ1) is 10.4. The molecule has 1 fully saturated rings. The van der Waals surface area contributed by atoms with Gasteiger partial charge in [0.05, 0.1) is 25.4 Å². The fraction of sp³-hybridized carbons (Fsp3) is 1.00. The quantitative estimate of drug-likeness (QED) is 0.481. The van der Waals surface area contributed by atoms with Gasteiger partial charge in [0.25, 0.3) is 0 Å². The van der Waals surface area contributed by atoms with Crippen molar-refractivity contribution in [3.8, 4) is 0 Å². The highest BCUT2D eigenvalue weighted by atomic mass is 16.5. The van der Waals surface area contributed by atoms with Gasteiger partial charge in [-0.1, -0.05) is 64.7 Å². The summed E-state index contributed by atoms with van der Waals surface area (Å²) in [6.07, 6.45) is 15.9. The minimum absolute atomic E-state index is 0.0518. The first-order valence-electron chi connectivity index (χ1n) is 9.21. The summed E-state index contributed by atoms with van der Waals surface area (Å²) in [5, 5.41) is 8.99. The van der Waals surface area contributed by atoms with Gasteiger partial charge in [0.1, 0.15) is 0 Å². The first kappa shape index (κ1) is 18.9. The highest BCUT2D eigenvalue weighted by Gasteiger charge is 2.24. The van der Waals surface area contributed by atoms with E-state index in [1.54, 1.807) is 0 Å². The number of aliphatic hydroxyl groups excluding tert-OH is 1. The Bertz CT molecular complexity index is 221. The number of ether oxygens (including phenoxy) is 2. The molecule has 0 aromatic rings. The Morgan fingerprint density at radius 3 is 2.00 bits per heavy atom. The molecule has 0 radical (unpaired) electrons. The molecule has 0 aliphatic carbocycles. The van der Waals surface area contributed by atoms with Crippen LogP contribution in [0.4, 0.5) is 0 Å². The molecule has 0 bridgehead atoms. The Balaban J connectivity index is 1.73. The van der Waals surface area contributed by atoms with E-state index in [2.05, 4.69) is 6.92 Å². The predicted octanol–water partition coefficient (Wildman–Crippen LogP) is 4.46. The standard InChI is InChI=1S/C18H36O3/c1-2-3-4-5-6-7-8-9-10-11-14-20-16-18-13-12-17(15-19)21-18/h17-19H,2-16H2,1H3/t17-,18?/m0/s1. The third kappa shape index (κ3) is 10.3. The van der Waals surface area contributed by atoms with Crippen LogP contribution in [-0.2, 0) is 9.47 Å². The van der Waals surface area contributed by atoms with Crippen molar-refractivity contribution in [1.82, 2.24) is 0 Å². The predicted molar refractivity (Wildman–Crippen MR) is 87.6 cm³/mol. The van der Waals surface area contributed by atoms with Gasteiger partial charge in [0.15, 0.2) is 0 Å². The average Bonchev–Trinajstić information content (AvgIpc) is 2.96. The highest BCUT2D eigenvalue weighted by molar-refractivity contribution is 4.72. The van der Waals surface area contributed by atoms with E-state index < -0.39 is 0 Å². The van der Waals surface area contributed by atoms with E-state index in [0.29, 0.717) is 6.61 Å². The summed E-state index contributed by atoms with van der Waals surface area (Å²) in [7, 11) is 0. The number of hydrogen-bond donors (Lipinski definition) is 1. The maximum Gasteiger partial charge on any atom is 0.0814 e. The SMILES string of the molecule is CCCCCCCCCCCCOCC1CC[C@@H](CO)O1. The van der Waals surface area contributed by atoms with Crippen LogP contribution < -0.4 is 0 Å². The summed E-state index contributed by atoms with van der Waals surface area (Å²) < 4.78 is 11.3. The summed E-state index contributed by atoms with van der Waals surface area (Å²) in [5.74, 6) is 0. The molecule has 3 nitrogen and oxygen atoms in total. The number of rotatable bonds is 14. The van der Waals surface area contributed by atoms with Crippen molar-refractivity contribution in [3.05, 3.63) is 0 Å². The molecule has 0 saturated carbocycles. The van der Waals surface area contributed by atoms with Crippen LogP contribution >= 0.6 is 0 Å². The van der Waals surface area contributed by atoms with Gasteiger partial charge >= 0.3 is 0 Å². The van der Waals surface area contributed by atoms with E-state index >= 15 is 0 Å². The zero-order chi connectivity index (χ0) is 15.2. The summed E-state index contributed by atoms with van der Waals surface area (Å²) in [6, 6.07) is 0. The molecular weight excluding hydrogens is 264 g/mol. The zero-order valence-corrected chi connectivity index (χ0v) is 14.0. The van der Waals surface area contributed by atoms with Gasteiger partial charge in [0, 0.05) is 6.61 Å². The second-order valence-electron chi connectivity index (χ2n) is 6.40. The van der Waals surface area contributed by atoms with Crippen molar-refractivity contribution in [2.24, 2.45) is 0 Å². The van der Waals surface area contributed by atoms with Crippen LogP contribution in [0.25, 0.3) is 0 Å². The number of unbranched alkanes of at least 4 members (excludes halogenated alkanes) is 9. The molecule has 1 heterocycles. The van der Waals surface area contributed by atoms with Gasteiger partial charge in [-0.2, -0.15) is 0 Å². The smallest absolute Gasteiger partial charge is 0.0814 e. The Morgan fingerprint density at radius 2 is 1.43 bits per heavy atom. The van der Waals surface area contributed by atoms with Crippen LogP contribution in [0.15, 0.2) is 0 Å². The molecule has 2 atom stereocenters. The maximum atomic E-state index is 8.99. The lowest BCUT2D eigenvalue weighted by Crippen LogP contribution is -2.19. The lowest BCUT2D eigenvalue weighted by Gasteiger charge is -2.12. The fourth-order valence-corrected chi connectivity index (χ4v) is 2.94. The molecule has 0 aromatic carbocycles. The van der Waals surface area contributed by atoms with Crippen molar-refractivity contribution >= 4 is 0 Å². The molecular formula is C18H36O3. The summed E-state index contributed by atoms with van der Waals surface area (Å²) in [4.78, 5) is 0. The summed E-state index contributed by atoms with van der Waals surface area (Å²) >= 11 is 0. The van der Waals surface area contributed by atoms with Crippen LogP contribution in [0.3, 0.4) is 0 Å². The third-order valence-electron chi connectivity index (χ3n) is 4.35. The van der Waals surface area contributed by atoms with Crippen LogP contribution in [0.1, 0.15) is 84.0 Å². The monoisotopic (exact) mass is 300 g/mol. The van der Waals surface area contributed by atoms with Gasteiger partial charge in [-0.25, -0.2) is 0 Å². The molecule has 21 heavy (non-hydrogen) atoms. The van der Waals surface area contributed by atoms with Crippen molar-refractivity contribution in [2.45, 2.75) is 96.2 Å². The Hall–Kier alpha value is -0.120. The van der Waals surface area contributed by atoms with Gasteiger partial charge in [0.2, 0.25) is 0 Å². The lowest BCUT2D eigenvalue weighted by atomic mass is 10.1. The van der Waals surface area contributed by atoms with Crippen molar-refractivity contribution in [2.75, 3.05) is 19.8 Å². The van der Waals surface area contributed by atoms with Gasteiger partial charge in [-0.05, 0) is 19.3 Å². The highest BCUT2D eigenvalue weighted by Crippen LogP contribution is 2.19. The largest absolute Gasteiger partial charge is 0.394 e. The molecule has 3 heteroatoms. The fourth-order valence-electron chi connectivity index (χ4n) is 2.94. The van der Waals surface area contributed by atoms with Crippen molar-refractivity contribution < 1.29 is 14.6 Å². The first-order valence-corrected chi connectivity index (χ1v) is 9.21. The minimum Gasteiger partial charge on any atom is -0.394 e. The molecule has 1 N–H and O–H groups in total. The van der Waals surface area contributed by atoms with E-state index in [1.165, 1.54) is 64.2 Å². The summed E-state index contributed by atoms with van der Waals surface area (Å²) in [6.45, 7) is 3.98. The van der Waals surface area contributed by atoms with Crippen LogP contribution in [0, 0.1) is 0 Å². The number of hydrogen-bond acceptors (Lipinski definition) is 3. The zero-order valence-electron chi connectivity index (χ0n) is 14.0. The Kier molecular flexibility index (Phi) is 12.2. The molecule has 1 aliphatic heterocycles. The molecule has 0 aromatic heterocycles. The van der Waals surface area contributed by atoms with Crippen LogP contribution in [0.2, 0.25) is 0 Å². The topological polar surface area (TPSA) is 38.7 Å². The molecule has 126 valence electrons. The average molecular weight is 300 g/mol. The van der Waals surface area contributed by atoms with Crippen molar-refractivity contribution in [1.29, 1.82) is 0 Å². The molecule has 1 unspecified atom stereocenters. The normalized spacial score (nSPS) is 22.0. The van der Waals surface area contributed by atoms with Crippen molar-refractivity contribution in [3.63, 3.8) is 0 Å². The van der Waals surface area contributed by atoms with Gasteiger partial charge < -0.3 is 14.6 Å². The Labute approximate surface area is 131 Å². The van der Waals surface area contributed by atoms with E-state index in [-0.39, 0.29) is 18.8 Å². The molecule has 1 saturated heterocycles. The maximum absolute atomic E-state index is 8.99. The van der Waals surface area contributed by atoms with Crippen LogP contribution in [-0.4, -0.2) is 37.1 Å². The van der Waals surface area contributed by atoms with E-state index in [9.17, 15) is 0 Å². The van der Waals surface area contributed by atoms with Gasteiger partial charge in [-0.3, -0.25) is 0 Å². The minimum atomic E-state index is 0.0518. The Morgan fingerprint density at radius 1 is 0.857 bits per heavy atom. The van der Waals surface area contributed by atoms with E-state index in [1.807, 2.05) is 0 Å². The van der Waals surface area contributed by atoms with E-state index in [4.69, 9.17) is 14.6 Å². The van der Waals surface area contributed by atoms with E-state index in [0.717, 1.165) is 19.4 Å².